The fourth-order valence-electron chi connectivity index (χ4n) is 1.40. The normalized spacial score (nSPS) is 10.3. The number of amides is 1. The van der Waals surface area contributed by atoms with Gasteiger partial charge in [-0.3, -0.25) is 10.2 Å². The number of benzene rings is 1. The molecule has 0 atom stereocenters. The van der Waals surface area contributed by atoms with E-state index in [1.165, 1.54) is 12.3 Å². The molecule has 2 aromatic rings. The smallest absolute Gasteiger partial charge is 0.268 e. The maximum atomic E-state index is 11.2. The maximum absolute atomic E-state index is 11.2. The topological polar surface area (TPSA) is 77.5 Å². The lowest BCUT2D eigenvalue weighted by atomic mass is 10.3. The number of carbonyl (C=O) groups is 1. The fraction of sp³-hybridized carbons (Fsp3) is 0.0833. The van der Waals surface area contributed by atoms with E-state index in [1.54, 1.807) is 18.2 Å². The quantitative estimate of drug-likeness (QED) is 0.517. The van der Waals surface area contributed by atoms with Crippen LogP contribution in [0.5, 0.6) is 5.75 Å². The van der Waals surface area contributed by atoms with Gasteiger partial charge in [0.2, 0.25) is 0 Å². The molecule has 100 valence electrons. The Morgan fingerprint density at radius 2 is 2.16 bits per heavy atom. The molecule has 0 aliphatic rings. The van der Waals surface area contributed by atoms with Crippen molar-refractivity contribution in [2.75, 3.05) is 0 Å². The van der Waals surface area contributed by atoms with E-state index >= 15 is 0 Å². The second kappa shape index (κ2) is 5.97. The molecule has 19 heavy (non-hydrogen) atoms. The van der Waals surface area contributed by atoms with E-state index in [9.17, 15) is 4.79 Å². The van der Waals surface area contributed by atoms with Gasteiger partial charge in [-0.25, -0.2) is 5.84 Å². The van der Waals surface area contributed by atoms with Crippen LogP contribution in [0, 0.1) is 0 Å². The molecule has 5 nitrogen and oxygen atoms in total. The molecule has 0 aliphatic heterocycles. The van der Waals surface area contributed by atoms with Crippen molar-refractivity contribution in [2.24, 2.45) is 5.84 Å². The predicted octanol–water partition coefficient (Wildman–Crippen LogP) is 2.77. The fourth-order valence-corrected chi connectivity index (χ4v) is 1.73. The number of carbonyl (C=O) groups excluding carboxylic acids is 1. The molecule has 1 heterocycles. The van der Waals surface area contributed by atoms with Crippen LogP contribution in [0.2, 0.25) is 10.0 Å². The van der Waals surface area contributed by atoms with E-state index in [4.69, 9.17) is 38.2 Å². The van der Waals surface area contributed by atoms with E-state index < -0.39 is 5.91 Å². The van der Waals surface area contributed by atoms with E-state index in [0.29, 0.717) is 27.1 Å². The largest absolute Gasteiger partial charge is 0.484 e. The van der Waals surface area contributed by atoms with Gasteiger partial charge in [0, 0.05) is 11.1 Å². The Balaban J connectivity index is 2.04. The molecular formula is C12H10Cl2N2O3. The van der Waals surface area contributed by atoms with Gasteiger partial charge >= 0.3 is 0 Å². The Labute approximate surface area is 119 Å². The summed E-state index contributed by atoms with van der Waals surface area (Å²) < 4.78 is 10.6. The molecule has 7 heteroatoms. The molecule has 2 rings (SSSR count). The summed E-state index contributed by atoms with van der Waals surface area (Å²) in [6.07, 6.45) is 1.29. The maximum Gasteiger partial charge on any atom is 0.268 e. The third-order valence-corrected chi connectivity index (χ3v) is 2.86. The summed E-state index contributed by atoms with van der Waals surface area (Å²) in [5.41, 5.74) is 2.32. The molecule has 1 amide bonds. The second-order valence-corrected chi connectivity index (χ2v) is 4.48. The van der Waals surface area contributed by atoms with Gasteiger partial charge in [0.05, 0.1) is 10.6 Å². The van der Waals surface area contributed by atoms with Crippen molar-refractivity contribution in [1.82, 2.24) is 5.43 Å². The number of hydrogen-bond donors (Lipinski definition) is 2. The molecule has 0 bridgehead atoms. The number of hydrazine groups is 1. The van der Waals surface area contributed by atoms with Crippen molar-refractivity contribution < 1.29 is 13.9 Å². The van der Waals surface area contributed by atoms with Gasteiger partial charge in [0.15, 0.2) is 0 Å². The van der Waals surface area contributed by atoms with Crippen LogP contribution < -0.4 is 16.0 Å². The number of furan rings is 1. The van der Waals surface area contributed by atoms with Crippen LogP contribution >= 0.6 is 23.2 Å². The molecule has 0 aliphatic carbocycles. The lowest BCUT2D eigenvalue weighted by Gasteiger charge is -2.06. The van der Waals surface area contributed by atoms with Gasteiger partial charge in [0.25, 0.3) is 5.91 Å². The van der Waals surface area contributed by atoms with Crippen LogP contribution in [-0.2, 0) is 6.61 Å². The van der Waals surface area contributed by atoms with Crippen molar-refractivity contribution >= 4 is 29.1 Å². The number of ether oxygens (including phenoxy) is 1. The summed E-state index contributed by atoms with van der Waals surface area (Å²) in [6.45, 7) is 0.123. The van der Waals surface area contributed by atoms with Gasteiger partial charge < -0.3 is 9.15 Å². The standard InChI is InChI=1S/C12H10Cl2N2O3/c13-8-1-2-10(14)11(4-8)19-6-9-3-7(5-18-9)12(17)16-15/h1-5H,6,15H2,(H,16,17). The lowest BCUT2D eigenvalue weighted by Crippen LogP contribution is -2.29. The third kappa shape index (κ3) is 3.41. The minimum atomic E-state index is -0.434. The van der Waals surface area contributed by atoms with E-state index in [1.807, 2.05) is 5.43 Å². The monoisotopic (exact) mass is 300 g/mol. The van der Waals surface area contributed by atoms with Crippen molar-refractivity contribution in [3.05, 3.63) is 51.9 Å². The number of hydrogen-bond acceptors (Lipinski definition) is 4. The average molecular weight is 301 g/mol. The number of halogens is 2. The van der Waals surface area contributed by atoms with Crippen LogP contribution in [0.4, 0.5) is 0 Å². The van der Waals surface area contributed by atoms with E-state index in [2.05, 4.69) is 0 Å². The van der Waals surface area contributed by atoms with Crippen LogP contribution in [0.3, 0.4) is 0 Å². The molecule has 0 radical (unpaired) electrons. The highest BCUT2D eigenvalue weighted by Crippen LogP contribution is 2.28. The number of nitrogen functional groups attached to an aromatic ring is 1. The molecule has 0 fully saturated rings. The first-order valence-electron chi connectivity index (χ1n) is 5.26. The summed E-state index contributed by atoms with van der Waals surface area (Å²) in [6, 6.07) is 6.42. The average Bonchev–Trinajstić information content (AvgIpc) is 2.88. The summed E-state index contributed by atoms with van der Waals surface area (Å²) in [5, 5.41) is 0.956. The van der Waals surface area contributed by atoms with Crippen molar-refractivity contribution in [1.29, 1.82) is 0 Å². The zero-order chi connectivity index (χ0) is 13.8. The first kappa shape index (κ1) is 13.7. The Bertz CT molecular complexity index is 598. The zero-order valence-electron chi connectivity index (χ0n) is 9.65. The van der Waals surface area contributed by atoms with Crippen LogP contribution in [0.25, 0.3) is 0 Å². The molecular weight excluding hydrogens is 291 g/mol. The number of rotatable bonds is 4. The first-order valence-corrected chi connectivity index (χ1v) is 6.02. The zero-order valence-corrected chi connectivity index (χ0v) is 11.2. The molecule has 0 saturated heterocycles. The van der Waals surface area contributed by atoms with Gasteiger partial charge in [-0.2, -0.15) is 0 Å². The number of nitrogens with two attached hydrogens (primary N) is 1. The van der Waals surface area contributed by atoms with E-state index in [0.717, 1.165) is 0 Å². The Kier molecular flexibility index (Phi) is 4.31. The van der Waals surface area contributed by atoms with Crippen LogP contribution in [-0.4, -0.2) is 5.91 Å². The Morgan fingerprint density at radius 3 is 2.89 bits per heavy atom. The van der Waals surface area contributed by atoms with Crippen molar-refractivity contribution in [3.63, 3.8) is 0 Å². The number of nitrogens with one attached hydrogen (secondary N) is 1. The van der Waals surface area contributed by atoms with Gasteiger partial charge in [-0.15, -0.1) is 0 Å². The minimum absolute atomic E-state index is 0.123. The van der Waals surface area contributed by atoms with E-state index in [-0.39, 0.29) is 6.61 Å². The summed E-state index contributed by atoms with van der Waals surface area (Å²) in [5.74, 6) is 5.48. The Hall–Kier alpha value is -1.69. The molecule has 0 unspecified atom stereocenters. The molecule has 1 aromatic carbocycles. The summed E-state index contributed by atoms with van der Waals surface area (Å²) >= 11 is 11.8. The van der Waals surface area contributed by atoms with Crippen molar-refractivity contribution in [3.8, 4) is 5.75 Å². The highest BCUT2D eigenvalue weighted by Gasteiger charge is 2.10. The lowest BCUT2D eigenvalue weighted by molar-refractivity contribution is 0.0953. The molecule has 0 spiro atoms. The minimum Gasteiger partial charge on any atom is -0.484 e. The Morgan fingerprint density at radius 1 is 1.37 bits per heavy atom. The predicted molar refractivity (Wildman–Crippen MR) is 71.2 cm³/mol. The van der Waals surface area contributed by atoms with Gasteiger partial charge in [-0.05, 0) is 18.2 Å². The highest BCUT2D eigenvalue weighted by molar-refractivity contribution is 6.34. The van der Waals surface area contributed by atoms with Crippen LogP contribution in [0.1, 0.15) is 16.1 Å². The first-order chi connectivity index (χ1) is 9.10. The second-order valence-electron chi connectivity index (χ2n) is 3.64. The van der Waals surface area contributed by atoms with Gasteiger partial charge in [0.1, 0.15) is 24.4 Å². The van der Waals surface area contributed by atoms with Gasteiger partial charge in [-0.1, -0.05) is 23.2 Å². The summed E-state index contributed by atoms with van der Waals surface area (Å²) in [4.78, 5) is 11.2. The third-order valence-electron chi connectivity index (χ3n) is 2.31. The molecule has 3 N–H and O–H groups in total. The molecule has 0 saturated carbocycles. The van der Waals surface area contributed by atoms with Crippen molar-refractivity contribution in [2.45, 2.75) is 6.61 Å². The summed E-state index contributed by atoms with van der Waals surface area (Å²) in [7, 11) is 0. The van der Waals surface area contributed by atoms with Crippen LogP contribution in [0.15, 0.2) is 34.9 Å². The SMILES string of the molecule is NNC(=O)c1coc(COc2cc(Cl)ccc2Cl)c1. The highest BCUT2D eigenvalue weighted by atomic mass is 35.5. The molecule has 1 aromatic heterocycles.